The van der Waals surface area contributed by atoms with E-state index >= 15 is 0 Å². The highest BCUT2D eigenvalue weighted by molar-refractivity contribution is 8.02. The molecular weight excluding hydrogens is 248 g/mol. The smallest absolute Gasteiger partial charge is 0.240 e. The molecule has 0 N–H and O–H groups in total. The zero-order chi connectivity index (χ0) is 13.3. The van der Waals surface area contributed by atoms with Crippen LogP contribution in [0.25, 0.3) is 0 Å². The minimum atomic E-state index is -0.908. The molecule has 0 aromatic carbocycles. The number of carbonyl (C=O) groups excluding carboxylic acids is 2. The molecule has 4 nitrogen and oxygen atoms in total. The highest BCUT2D eigenvalue weighted by Gasteiger charge is 2.71. The van der Waals surface area contributed by atoms with Crippen molar-refractivity contribution >= 4 is 23.6 Å². The molecule has 5 heteroatoms. The zero-order valence-electron chi connectivity index (χ0n) is 11.4. The molecule has 3 rings (SSSR count). The Morgan fingerprint density at radius 3 is 2.39 bits per heavy atom. The predicted octanol–water partition coefficient (Wildman–Crippen LogP) is 1.51. The molecule has 2 amide bonds. The summed E-state index contributed by atoms with van der Waals surface area (Å²) in [4.78, 5) is 28.5. The minimum absolute atomic E-state index is 0.00345. The normalized spacial score (nSPS) is 42.2. The third-order valence-electron chi connectivity index (χ3n) is 4.93. The average molecular weight is 268 g/mol. The van der Waals surface area contributed by atoms with E-state index in [9.17, 15) is 9.59 Å². The Hall–Kier alpha value is -0.710. The number of hydrogen-bond acceptors (Lipinski definition) is 3. The first-order valence-corrected chi connectivity index (χ1v) is 7.50. The molecule has 18 heavy (non-hydrogen) atoms. The summed E-state index contributed by atoms with van der Waals surface area (Å²) in [6, 6.07) is 0. The molecule has 3 heterocycles. The van der Waals surface area contributed by atoms with Crippen molar-refractivity contribution in [2.75, 3.05) is 19.3 Å². The summed E-state index contributed by atoms with van der Waals surface area (Å²) in [5, 5.41) is 0. The zero-order valence-corrected chi connectivity index (χ0v) is 12.3. The van der Waals surface area contributed by atoms with E-state index < -0.39 is 10.4 Å². The summed E-state index contributed by atoms with van der Waals surface area (Å²) in [6.45, 7) is 6.49. The van der Waals surface area contributed by atoms with E-state index in [0.717, 1.165) is 25.1 Å². The quantitative estimate of drug-likeness (QED) is 0.625. The fraction of sp³-hybridized carbons (Fsp3) is 0.846. The molecule has 0 aliphatic carbocycles. The van der Waals surface area contributed by atoms with E-state index in [1.165, 1.54) is 0 Å². The van der Waals surface area contributed by atoms with Gasteiger partial charge in [-0.2, -0.15) is 0 Å². The van der Waals surface area contributed by atoms with Crippen molar-refractivity contribution in [3.05, 3.63) is 0 Å². The molecule has 1 spiro atoms. The minimum Gasteiger partial charge on any atom is -0.312 e. The number of thioether (sulfide) groups is 1. The summed E-state index contributed by atoms with van der Waals surface area (Å²) in [6.07, 6.45) is 2.14. The van der Waals surface area contributed by atoms with Crippen LogP contribution in [0.1, 0.15) is 33.6 Å². The lowest BCUT2D eigenvalue weighted by Crippen LogP contribution is -2.81. The molecule has 0 saturated carbocycles. The molecule has 3 fully saturated rings. The maximum atomic E-state index is 12.6. The Labute approximate surface area is 112 Å². The van der Waals surface area contributed by atoms with E-state index in [1.807, 2.05) is 16.8 Å². The predicted molar refractivity (Wildman–Crippen MR) is 70.8 cm³/mol. The van der Waals surface area contributed by atoms with E-state index in [4.69, 9.17) is 0 Å². The van der Waals surface area contributed by atoms with Gasteiger partial charge in [0, 0.05) is 24.8 Å². The van der Waals surface area contributed by atoms with Crippen LogP contribution >= 0.6 is 11.8 Å². The monoisotopic (exact) mass is 268 g/mol. The molecule has 2 atom stereocenters. The standard InChI is InChI=1S/C13H20N2O2S/c1-11(2)9(16)14(4)13-12(3,8-18-13)6-5-7-15(13)10(11)17/h5-8H2,1-4H3. The molecule has 3 aliphatic rings. The van der Waals surface area contributed by atoms with Gasteiger partial charge in [0.05, 0.1) is 0 Å². The lowest BCUT2D eigenvalue weighted by atomic mass is 9.73. The molecule has 0 radical (unpaired) electrons. The summed E-state index contributed by atoms with van der Waals surface area (Å²) >= 11 is 1.75. The van der Waals surface area contributed by atoms with Gasteiger partial charge in [-0.25, -0.2) is 0 Å². The van der Waals surface area contributed by atoms with Gasteiger partial charge in [-0.3, -0.25) is 9.59 Å². The molecule has 3 aliphatic heterocycles. The van der Waals surface area contributed by atoms with Crippen LogP contribution in [0, 0.1) is 10.8 Å². The Morgan fingerprint density at radius 2 is 1.83 bits per heavy atom. The molecule has 100 valence electrons. The number of carbonyl (C=O) groups is 2. The van der Waals surface area contributed by atoms with Gasteiger partial charge >= 0.3 is 0 Å². The van der Waals surface area contributed by atoms with Gasteiger partial charge in [-0.15, -0.1) is 11.8 Å². The average Bonchev–Trinajstić information content (AvgIpc) is 2.31. The second kappa shape index (κ2) is 3.24. The second-order valence-corrected chi connectivity index (χ2v) is 7.65. The maximum Gasteiger partial charge on any atom is 0.240 e. The molecule has 3 saturated heterocycles. The van der Waals surface area contributed by atoms with Gasteiger partial charge < -0.3 is 9.80 Å². The van der Waals surface area contributed by atoms with Crippen LogP contribution < -0.4 is 0 Å². The van der Waals surface area contributed by atoms with Crippen molar-refractivity contribution in [1.82, 2.24) is 9.80 Å². The van der Waals surface area contributed by atoms with E-state index in [0.29, 0.717) is 0 Å². The Bertz CT molecular complexity index is 450. The van der Waals surface area contributed by atoms with Crippen LogP contribution in [0.5, 0.6) is 0 Å². The first kappa shape index (κ1) is 12.3. The number of piperidine rings is 1. The summed E-state index contributed by atoms with van der Waals surface area (Å²) in [7, 11) is 1.86. The third-order valence-corrected chi connectivity index (χ3v) is 7.10. The van der Waals surface area contributed by atoms with Gasteiger partial charge in [0.1, 0.15) is 5.41 Å². The SMILES string of the molecule is CN1C(=O)C(C)(C)C(=O)N2CCCC3(C)CSC123. The lowest BCUT2D eigenvalue weighted by molar-refractivity contribution is -0.193. The summed E-state index contributed by atoms with van der Waals surface area (Å²) in [5.41, 5.74) is -0.846. The van der Waals surface area contributed by atoms with Gasteiger partial charge in [0.2, 0.25) is 11.8 Å². The van der Waals surface area contributed by atoms with Crippen molar-refractivity contribution in [3.63, 3.8) is 0 Å². The van der Waals surface area contributed by atoms with Gasteiger partial charge in [0.25, 0.3) is 0 Å². The fourth-order valence-corrected chi connectivity index (χ4v) is 5.52. The van der Waals surface area contributed by atoms with Crippen LogP contribution in [0.15, 0.2) is 0 Å². The van der Waals surface area contributed by atoms with Crippen molar-refractivity contribution in [1.29, 1.82) is 0 Å². The van der Waals surface area contributed by atoms with Crippen molar-refractivity contribution in [2.24, 2.45) is 10.8 Å². The Kier molecular flexibility index (Phi) is 2.22. The summed E-state index contributed by atoms with van der Waals surface area (Å²) in [5.74, 6) is 1.00. The largest absolute Gasteiger partial charge is 0.312 e. The van der Waals surface area contributed by atoms with Crippen LogP contribution in [0.4, 0.5) is 0 Å². The highest BCUT2D eigenvalue weighted by atomic mass is 32.2. The summed E-state index contributed by atoms with van der Waals surface area (Å²) < 4.78 is 0. The van der Waals surface area contributed by atoms with Crippen LogP contribution in [0.3, 0.4) is 0 Å². The molecule has 0 bridgehead atoms. The maximum absolute atomic E-state index is 12.6. The first-order valence-electron chi connectivity index (χ1n) is 6.52. The Morgan fingerprint density at radius 1 is 1.17 bits per heavy atom. The van der Waals surface area contributed by atoms with Crippen LogP contribution in [-0.2, 0) is 9.59 Å². The van der Waals surface area contributed by atoms with E-state index in [-0.39, 0.29) is 17.2 Å². The topological polar surface area (TPSA) is 40.6 Å². The number of amides is 2. The third kappa shape index (κ3) is 1.06. The van der Waals surface area contributed by atoms with Crippen LogP contribution in [-0.4, -0.2) is 46.0 Å². The van der Waals surface area contributed by atoms with Crippen LogP contribution in [0.2, 0.25) is 0 Å². The van der Waals surface area contributed by atoms with E-state index in [2.05, 4.69) is 6.92 Å². The van der Waals surface area contributed by atoms with Gasteiger partial charge in [-0.1, -0.05) is 6.92 Å². The second-order valence-electron chi connectivity index (χ2n) is 6.51. The van der Waals surface area contributed by atoms with Crippen molar-refractivity contribution < 1.29 is 9.59 Å². The number of rotatable bonds is 0. The molecule has 0 aromatic heterocycles. The number of hydrogen-bond donors (Lipinski definition) is 0. The molecule has 2 unspecified atom stereocenters. The van der Waals surface area contributed by atoms with Gasteiger partial charge in [0.15, 0.2) is 4.99 Å². The first-order chi connectivity index (χ1) is 8.27. The van der Waals surface area contributed by atoms with Crippen molar-refractivity contribution in [3.8, 4) is 0 Å². The van der Waals surface area contributed by atoms with Crippen molar-refractivity contribution in [2.45, 2.75) is 38.6 Å². The highest BCUT2D eigenvalue weighted by Crippen LogP contribution is 2.64. The number of nitrogens with zero attached hydrogens (tertiary/aromatic N) is 2. The lowest BCUT2D eigenvalue weighted by Gasteiger charge is -2.70. The van der Waals surface area contributed by atoms with Gasteiger partial charge in [-0.05, 0) is 26.7 Å². The van der Waals surface area contributed by atoms with E-state index in [1.54, 1.807) is 25.6 Å². The Balaban J connectivity index is 2.12. The molecule has 0 aromatic rings. The fourth-order valence-electron chi connectivity index (χ4n) is 3.77. The molecular formula is C13H20N2O2S.